The Bertz CT molecular complexity index is 732. The first-order chi connectivity index (χ1) is 11.8. The van der Waals surface area contributed by atoms with Crippen molar-refractivity contribution in [2.24, 2.45) is 0 Å². The van der Waals surface area contributed by atoms with E-state index in [1.54, 1.807) is 11.8 Å². The van der Waals surface area contributed by atoms with Crippen molar-refractivity contribution in [2.45, 2.75) is 11.0 Å². The number of thioether (sulfide) groups is 1. The van der Waals surface area contributed by atoms with Crippen LogP contribution in [0.15, 0.2) is 66.1 Å². The molecule has 1 aliphatic rings. The van der Waals surface area contributed by atoms with Crippen LogP contribution in [-0.4, -0.2) is 30.9 Å². The van der Waals surface area contributed by atoms with Crippen molar-refractivity contribution < 1.29 is 14.3 Å². The number of hydrogen-bond acceptors (Lipinski definition) is 4. The van der Waals surface area contributed by atoms with Gasteiger partial charge in [0.15, 0.2) is 11.5 Å². The van der Waals surface area contributed by atoms with Gasteiger partial charge >= 0.3 is 0 Å². The van der Waals surface area contributed by atoms with Gasteiger partial charge in [-0.15, -0.1) is 18.3 Å². The van der Waals surface area contributed by atoms with Crippen LogP contribution in [0.5, 0.6) is 11.5 Å². The van der Waals surface area contributed by atoms with Gasteiger partial charge in [0, 0.05) is 10.6 Å². The van der Waals surface area contributed by atoms with E-state index in [9.17, 15) is 4.79 Å². The SMILES string of the molecule is C=CCSc1ccccc1C(=O)NC[C@@H]1COc2ccccc2O1. The highest BCUT2D eigenvalue weighted by molar-refractivity contribution is 7.99. The molecule has 0 aliphatic carbocycles. The second kappa shape index (κ2) is 7.93. The number of para-hydroxylation sites is 2. The van der Waals surface area contributed by atoms with Crippen LogP contribution in [0.3, 0.4) is 0 Å². The summed E-state index contributed by atoms with van der Waals surface area (Å²) in [6, 6.07) is 15.1. The van der Waals surface area contributed by atoms with Gasteiger partial charge in [0.2, 0.25) is 0 Å². The summed E-state index contributed by atoms with van der Waals surface area (Å²) in [5.41, 5.74) is 0.668. The molecule has 1 heterocycles. The molecule has 0 saturated carbocycles. The Kier molecular flexibility index (Phi) is 5.43. The standard InChI is InChI=1S/C19H19NO3S/c1-2-11-24-18-10-6-3-7-15(18)19(21)20-12-14-13-22-16-8-4-5-9-17(16)23-14/h2-10,14H,1,11-13H2,(H,20,21)/t14-/m1/s1. The Balaban J connectivity index is 1.59. The lowest BCUT2D eigenvalue weighted by Gasteiger charge is -2.26. The van der Waals surface area contributed by atoms with Gasteiger partial charge in [-0.25, -0.2) is 0 Å². The second-order valence-corrected chi connectivity index (χ2v) is 6.37. The van der Waals surface area contributed by atoms with Crippen LogP contribution in [-0.2, 0) is 0 Å². The van der Waals surface area contributed by atoms with Crippen molar-refractivity contribution in [3.8, 4) is 11.5 Å². The minimum atomic E-state index is -0.197. The van der Waals surface area contributed by atoms with Crippen molar-refractivity contribution in [2.75, 3.05) is 18.9 Å². The molecule has 2 aromatic rings. The molecule has 1 N–H and O–H groups in total. The quantitative estimate of drug-likeness (QED) is 0.645. The highest BCUT2D eigenvalue weighted by Crippen LogP contribution is 2.30. The molecule has 1 atom stereocenters. The van der Waals surface area contributed by atoms with Gasteiger partial charge in [-0.05, 0) is 24.3 Å². The Morgan fingerprint density at radius 1 is 1.21 bits per heavy atom. The summed E-state index contributed by atoms with van der Waals surface area (Å²) in [4.78, 5) is 13.4. The lowest BCUT2D eigenvalue weighted by Crippen LogP contribution is -2.40. The molecular weight excluding hydrogens is 322 g/mol. The highest BCUT2D eigenvalue weighted by Gasteiger charge is 2.21. The summed E-state index contributed by atoms with van der Waals surface area (Å²) in [6.07, 6.45) is 1.63. The van der Waals surface area contributed by atoms with E-state index in [1.807, 2.05) is 54.6 Å². The number of carbonyl (C=O) groups is 1. The zero-order valence-electron chi connectivity index (χ0n) is 13.2. The number of ether oxygens (including phenoxy) is 2. The maximum atomic E-state index is 12.5. The summed E-state index contributed by atoms with van der Waals surface area (Å²) in [6.45, 7) is 4.53. The fraction of sp³-hybridized carbons (Fsp3) is 0.211. The van der Waals surface area contributed by atoms with Crippen LogP contribution >= 0.6 is 11.8 Å². The van der Waals surface area contributed by atoms with Crippen LogP contribution in [0, 0.1) is 0 Å². The summed E-state index contributed by atoms with van der Waals surface area (Å²) in [5.74, 6) is 2.11. The topological polar surface area (TPSA) is 47.6 Å². The van der Waals surface area contributed by atoms with Crippen LogP contribution in [0.4, 0.5) is 0 Å². The summed E-state index contributed by atoms with van der Waals surface area (Å²) >= 11 is 1.59. The summed E-state index contributed by atoms with van der Waals surface area (Å²) in [5, 5.41) is 2.93. The maximum Gasteiger partial charge on any atom is 0.252 e. The average molecular weight is 341 g/mol. The summed E-state index contributed by atoms with van der Waals surface area (Å²) in [7, 11) is 0. The molecular formula is C19H19NO3S. The molecule has 124 valence electrons. The molecule has 0 unspecified atom stereocenters. The largest absolute Gasteiger partial charge is 0.486 e. The van der Waals surface area contributed by atoms with E-state index in [4.69, 9.17) is 9.47 Å². The van der Waals surface area contributed by atoms with Crippen LogP contribution < -0.4 is 14.8 Å². The summed E-state index contributed by atoms with van der Waals surface area (Å²) < 4.78 is 11.5. The first-order valence-electron chi connectivity index (χ1n) is 7.77. The molecule has 0 spiro atoms. The van der Waals surface area contributed by atoms with E-state index >= 15 is 0 Å². The van der Waals surface area contributed by atoms with E-state index in [1.165, 1.54) is 0 Å². The van der Waals surface area contributed by atoms with E-state index in [0.717, 1.165) is 16.4 Å². The van der Waals surface area contributed by atoms with E-state index in [2.05, 4.69) is 11.9 Å². The zero-order valence-corrected chi connectivity index (χ0v) is 14.1. The first-order valence-corrected chi connectivity index (χ1v) is 8.76. The molecule has 0 saturated heterocycles. The van der Waals surface area contributed by atoms with Crippen LogP contribution in [0.25, 0.3) is 0 Å². The minimum Gasteiger partial charge on any atom is -0.486 e. The normalized spacial score (nSPS) is 15.6. The van der Waals surface area contributed by atoms with Crippen molar-refractivity contribution in [3.05, 3.63) is 66.7 Å². The molecule has 0 aromatic heterocycles. The van der Waals surface area contributed by atoms with Crippen molar-refractivity contribution >= 4 is 17.7 Å². The van der Waals surface area contributed by atoms with Crippen LogP contribution in [0.1, 0.15) is 10.4 Å². The molecule has 5 heteroatoms. The third-order valence-corrected chi connectivity index (χ3v) is 4.62. The smallest absolute Gasteiger partial charge is 0.252 e. The van der Waals surface area contributed by atoms with Gasteiger partial charge in [-0.2, -0.15) is 0 Å². The number of rotatable bonds is 6. The number of amides is 1. The maximum absolute atomic E-state index is 12.5. The van der Waals surface area contributed by atoms with Gasteiger partial charge < -0.3 is 14.8 Å². The Hall–Kier alpha value is -2.40. The monoisotopic (exact) mass is 341 g/mol. The van der Waals surface area contributed by atoms with Gasteiger partial charge in [0.05, 0.1) is 12.1 Å². The molecule has 1 amide bonds. The number of fused-ring (bicyclic) bond motifs is 1. The fourth-order valence-corrected chi connectivity index (χ4v) is 3.18. The molecule has 0 bridgehead atoms. The van der Waals surface area contributed by atoms with E-state index < -0.39 is 0 Å². The minimum absolute atomic E-state index is 0.107. The predicted molar refractivity (Wildman–Crippen MR) is 96.0 cm³/mol. The molecule has 3 rings (SSSR count). The Labute approximate surface area is 145 Å². The molecule has 1 aliphatic heterocycles. The predicted octanol–water partition coefficient (Wildman–Crippen LogP) is 3.53. The van der Waals surface area contributed by atoms with Crippen molar-refractivity contribution in [1.82, 2.24) is 5.32 Å². The molecule has 0 radical (unpaired) electrons. The molecule has 24 heavy (non-hydrogen) atoms. The second-order valence-electron chi connectivity index (χ2n) is 5.30. The number of nitrogens with one attached hydrogen (secondary N) is 1. The lowest BCUT2D eigenvalue weighted by atomic mass is 10.2. The average Bonchev–Trinajstić information content (AvgIpc) is 2.64. The van der Waals surface area contributed by atoms with Crippen molar-refractivity contribution in [3.63, 3.8) is 0 Å². The third-order valence-electron chi connectivity index (χ3n) is 3.55. The highest BCUT2D eigenvalue weighted by atomic mass is 32.2. The molecule has 0 fully saturated rings. The van der Waals surface area contributed by atoms with Gasteiger partial charge in [0.25, 0.3) is 5.91 Å². The third kappa shape index (κ3) is 3.92. The zero-order chi connectivity index (χ0) is 16.8. The first kappa shape index (κ1) is 16.5. The number of hydrogen-bond donors (Lipinski definition) is 1. The Morgan fingerprint density at radius 3 is 2.79 bits per heavy atom. The van der Waals surface area contributed by atoms with E-state index in [0.29, 0.717) is 24.5 Å². The fourth-order valence-electron chi connectivity index (χ4n) is 2.39. The van der Waals surface area contributed by atoms with E-state index in [-0.39, 0.29) is 12.0 Å². The molecule has 2 aromatic carbocycles. The van der Waals surface area contributed by atoms with Gasteiger partial charge in [-0.3, -0.25) is 4.79 Å². The molecule has 4 nitrogen and oxygen atoms in total. The Morgan fingerprint density at radius 2 is 1.96 bits per heavy atom. The lowest BCUT2D eigenvalue weighted by molar-refractivity contribution is 0.0787. The van der Waals surface area contributed by atoms with Crippen LogP contribution in [0.2, 0.25) is 0 Å². The number of benzene rings is 2. The van der Waals surface area contributed by atoms with Crippen molar-refractivity contribution in [1.29, 1.82) is 0 Å². The van der Waals surface area contributed by atoms with Gasteiger partial charge in [-0.1, -0.05) is 30.3 Å². The number of carbonyl (C=O) groups excluding carboxylic acids is 1. The van der Waals surface area contributed by atoms with Gasteiger partial charge in [0.1, 0.15) is 12.7 Å².